The molecule has 1 aliphatic rings. The number of alkyl halides is 3. The number of aromatic nitrogens is 1. The molecule has 0 aliphatic carbocycles. The minimum absolute atomic E-state index is 0.0249. The number of hydrogen-bond acceptors (Lipinski definition) is 3. The number of aromatic amines is 1. The number of nitrogens with one attached hydrogen (secondary N) is 1. The van der Waals surface area contributed by atoms with Crippen LogP contribution in [0.4, 0.5) is 18.0 Å². The van der Waals surface area contributed by atoms with Crippen molar-refractivity contribution in [1.29, 1.82) is 0 Å². The summed E-state index contributed by atoms with van der Waals surface area (Å²) in [7, 11) is 0. The third-order valence-corrected chi connectivity index (χ3v) is 6.08. The molecule has 1 aromatic heterocycles. The summed E-state index contributed by atoms with van der Waals surface area (Å²) in [5, 5.41) is 11.9. The maximum atomic E-state index is 13.3. The molecule has 2 aromatic carbocycles. The van der Waals surface area contributed by atoms with E-state index in [1.54, 1.807) is 12.3 Å². The molecule has 1 amide bonds. The average Bonchev–Trinajstić information content (AvgIpc) is 3.23. The number of carbonyl (C=O) groups is 1. The van der Waals surface area contributed by atoms with Crippen LogP contribution in [0.1, 0.15) is 29.5 Å². The van der Waals surface area contributed by atoms with Crippen LogP contribution in [0.15, 0.2) is 54.7 Å². The van der Waals surface area contributed by atoms with E-state index in [4.69, 9.17) is 4.74 Å². The van der Waals surface area contributed by atoms with Crippen LogP contribution < -0.4 is 5.11 Å². The Hall–Kier alpha value is -3.00. The SMILES string of the molecule is O=C([O-])N1CCC(COCc2cc(C(F)(F)F)cc3[nH]ccc23)(c2ccccc2)CC1. The Bertz CT molecular complexity index is 1050. The van der Waals surface area contributed by atoms with Crippen molar-refractivity contribution in [2.45, 2.75) is 31.0 Å². The molecule has 2 heterocycles. The number of fused-ring (bicyclic) bond motifs is 1. The maximum Gasteiger partial charge on any atom is 0.416 e. The molecule has 1 N–H and O–H groups in total. The topological polar surface area (TPSA) is 68.4 Å². The molecule has 4 rings (SSSR count). The highest BCUT2D eigenvalue weighted by Gasteiger charge is 2.37. The molecule has 1 aliphatic heterocycles. The molecule has 31 heavy (non-hydrogen) atoms. The van der Waals surface area contributed by atoms with Gasteiger partial charge in [0.15, 0.2) is 0 Å². The number of hydrogen-bond donors (Lipinski definition) is 1. The summed E-state index contributed by atoms with van der Waals surface area (Å²) in [6, 6.07) is 13.7. The van der Waals surface area contributed by atoms with Crippen molar-refractivity contribution in [2.24, 2.45) is 0 Å². The van der Waals surface area contributed by atoms with Crippen LogP contribution in [0.5, 0.6) is 0 Å². The zero-order valence-corrected chi connectivity index (χ0v) is 16.7. The Morgan fingerprint density at radius 2 is 1.84 bits per heavy atom. The van der Waals surface area contributed by atoms with Crippen molar-refractivity contribution in [2.75, 3.05) is 19.7 Å². The van der Waals surface area contributed by atoms with Gasteiger partial charge in [-0.1, -0.05) is 30.3 Å². The predicted molar refractivity (Wildman–Crippen MR) is 107 cm³/mol. The Kier molecular flexibility index (Phi) is 5.66. The molecule has 0 radical (unpaired) electrons. The van der Waals surface area contributed by atoms with E-state index in [-0.39, 0.29) is 13.2 Å². The van der Waals surface area contributed by atoms with Gasteiger partial charge in [-0.3, -0.25) is 0 Å². The van der Waals surface area contributed by atoms with Gasteiger partial charge in [0.05, 0.1) is 18.8 Å². The van der Waals surface area contributed by atoms with Crippen molar-refractivity contribution in [3.8, 4) is 0 Å². The first-order valence-electron chi connectivity index (χ1n) is 10.0. The highest BCUT2D eigenvalue weighted by atomic mass is 19.4. The number of rotatable bonds is 5. The summed E-state index contributed by atoms with van der Waals surface area (Å²) >= 11 is 0. The van der Waals surface area contributed by atoms with Gasteiger partial charge in [0.25, 0.3) is 0 Å². The highest BCUT2D eigenvalue weighted by Crippen LogP contribution is 2.37. The van der Waals surface area contributed by atoms with Crippen LogP contribution in [0.3, 0.4) is 0 Å². The van der Waals surface area contributed by atoms with Gasteiger partial charge in [0.1, 0.15) is 6.09 Å². The third-order valence-electron chi connectivity index (χ3n) is 6.08. The maximum absolute atomic E-state index is 13.3. The molecule has 5 nitrogen and oxygen atoms in total. The first-order chi connectivity index (χ1) is 14.8. The number of piperidine rings is 1. The molecule has 3 aromatic rings. The van der Waals surface area contributed by atoms with E-state index in [9.17, 15) is 23.1 Å². The van der Waals surface area contributed by atoms with Crippen LogP contribution in [0.2, 0.25) is 0 Å². The first kappa shape index (κ1) is 21.2. The predicted octanol–water partition coefficient (Wildman–Crippen LogP) is 4.08. The Labute approximate surface area is 177 Å². The van der Waals surface area contributed by atoms with Gasteiger partial charge >= 0.3 is 6.18 Å². The monoisotopic (exact) mass is 431 g/mol. The van der Waals surface area contributed by atoms with Gasteiger partial charge in [-0.25, -0.2) is 0 Å². The standard InChI is InChI=1S/C23H23F3N2O3/c24-23(25,26)18-12-16(19-6-9-27-20(19)13-18)14-31-15-22(17-4-2-1-3-5-17)7-10-28(11-8-22)21(29)30/h1-6,9,12-13,27H,7-8,10-11,14-15H2,(H,29,30)/p-1. The number of ether oxygens (including phenoxy) is 1. The largest absolute Gasteiger partial charge is 0.530 e. The van der Waals surface area contributed by atoms with Crippen LogP contribution >= 0.6 is 0 Å². The molecular weight excluding hydrogens is 409 g/mol. The lowest BCUT2D eigenvalue weighted by molar-refractivity contribution is -0.267. The van der Waals surface area contributed by atoms with Crippen molar-refractivity contribution in [3.63, 3.8) is 0 Å². The number of halogens is 3. The fraction of sp³-hybridized carbons (Fsp3) is 0.348. The number of amides is 1. The molecule has 0 unspecified atom stereocenters. The van der Waals surface area contributed by atoms with E-state index in [0.29, 0.717) is 42.4 Å². The van der Waals surface area contributed by atoms with Crippen LogP contribution in [0.25, 0.3) is 10.9 Å². The number of H-pyrrole nitrogens is 1. The summed E-state index contributed by atoms with van der Waals surface area (Å²) in [5.41, 5.74) is 0.770. The minimum atomic E-state index is -4.45. The fourth-order valence-corrected chi connectivity index (χ4v) is 4.31. The zero-order chi connectivity index (χ0) is 22.1. The van der Waals surface area contributed by atoms with E-state index in [1.807, 2.05) is 30.3 Å². The van der Waals surface area contributed by atoms with Crippen LogP contribution in [-0.2, 0) is 22.9 Å². The second-order valence-corrected chi connectivity index (χ2v) is 7.96. The molecule has 8 heteroatoms. The average molecular weight is 431 g/mol. The summed E-state index contributed by atoms with van der Waals surface area (Å²) < 4.78 is 45.9. The number of carbonyl (C=O) groups excluding carboxylic acids is 1. The van der Waals surface area contributed by atoms with Gasteiger partial charge in [0.2, 0.25) is 0 Å². The van der Waals surface area contributed by atoms with E-state index >= 15 is 0 Å². The van der Waals surface area contributed by atoms with Crippen LogP contribution in [0, 0.1) is 0 Å². The molecule has 0 saturated carbocycles. The third kappa shape index (κ3) is 4.39. The molecule has 0 spiro atoms. The van der Waals surface area contributed by atoms with Crippen molar-refractivity contribution >= 4 is 17.0 Å². The number of nitrogens with zero attached hydrogens (tertiary/aromatic N) is 1. The van der Waals surface area contributed by atoms with E-state index in [1.165, 1.54) is 4.90 Å². The van der Waals surface area contributed by atoms with Crippen molar-refractivity contribution < 1.29 is 27.8 Å². The zero-order valence-electron chi connectivity index (χ0n) is 16.7. The van der Waals surface area contributed by atoms with Crippen LogP contribution in [-0.4, -0.2) is 35.7 Å². The lowest BCUT2D eigenvalue weighted by Crippen LogP contribution is -2.51. The number of carboxylic acid groups (broad SMARTS) is 1. The molecule has 0 bridgehead atoms. The van der Waals surface area contributed by atoms with Crippen molar-refractivity contribution in [3.05, 3.63) is 71.4 Å². The first-order valence-corrected chi connectivity index (χ1v) is 10.0. The molecular formula is C23H22F3N2O3-. The lowest BCUT2D eigenvalue weighted by Gasteiger charge is -2.43. The van der Waals surface area contributed by atoms with E-state index in [0.717, 1.165) is 17.7 Å². The van der Waals surface area contributed by atoms with Gasteiger partial charge in [-0.15, -0.1) is 0 Å². The van der Waals surface area contributed by atoms with Gasteiger partial charge in [-0.2, -0.15) is 13.2 Å². The normalized spacial score (nSPS) is 16.5. The van der Waals surface area contributed by atoms with Gasteiger partial charge < -0.3 is 24.5 Å². The van der Waals surface area contributed by atoms with E-state index < -0.39 is 23.2 Å². The highest BCUT2D eigenvalue weighted by molar-refractivity contribution is 5.83. The minimum Gasteiger partial charge on any atom is -0.530 e. The quantitative estimate of drug-likeness (QED) is 0.662. The Morgan fingerprint density at radius 3 is 2.48 bits per heavy atom. The number of likely N-dealkylation sites (tertiary alicyclic amines) is 1. The van der Waals surface area contributed by atoms with Gasteiger partial charge in [-0.05, 0) is 42.2 Å². The summed E-state index contributed by atoms with van der Waals surface area (Å²) in [6.45, 7) is 0.954. The van der Waals surface area contributed by atoms with E-state index in [2.05, 4.69) is 4.98 Å². The molecule has 164 valence electrons. The second-order valence-electron chi connectivity index (χ2n) is 7.96. The molecule has 1 saturated heterocycles. The fourth-order valence-electron chi connectivity index (χ4n) is 4.31. The summed E-state index contributed by atoms with van der Waals surface area (Å²) in [5.74, 6) is 0. The molecule has 0 atom stereocenters. The smallest absolute Gasteiger partial charge is 0.416 e. The summed E-state index contributed by atoms with van der Waals surface area (Å²) in [4.78, 5) is 15.3. The number of benzene rings is 2. The second kappa shape index (κ2) is 8.26. The Balaban J connectivity index is 1.55. The van der Waals surface area contributed by atoms with Gasteiger partial charge in [0, 0.05) is 35.6 Å². The molecule has 1 fully saturated rings. The lowest BCUT2D eigenvalue weighted by atomic mass is 9.73. The van der Waals surface area contributed by atoms with Crippen molar-refractivity contribution in [1.82, 2.24) is 9.88 Å². The summed E-state index contributed by atoms with van der Waals surface area (Å²) in [6.07, 6.45) is -2.94. The Morgan fingerprint density at radius 1 is 1.13 bits per heavy atom.